The van der Waals surface area contributed by atoms with Crippen LogP contribution in [0.4, 0.5) is 5.69 Å². The molecule has 0 aliphatic carbocycles. The Hall–Kier alpha value is -1.64. The lowest BCUT2D eigenvalue weighted by molar-refractivity contribution is -0.119. The van der Waals surface area contributed by atoms with Crippen LogP contribution in [0.1, 0.15) is 13.3 Å². The number of ether oxygens (including phenoxy) is 2. The average Bonchev–Trinajstić information content (AvgIpc) is 3.03. The van der Waals surface area contributed by atoms with Crippen molar-refractivity contribution in [3.8, 4) is 5.75 Å². The molecular formula is C15H22N2O5S. The average molecular weight is 342 g/mol. The Kier molecular flexibility index (Phi) is 5.61. The number of rotatable bonds is 6. The van der Waals surface area contributed by atoms with Crippen molar-refractivity contribution in [1.29, 1.82) is 0 Å². The Balaban J connectivity index is 2.30. The van der Waals surface area contributed by atoms with Crippen molar-refractivity contribution in [2.24, 2.45) is 5.92 Å². The van der Waals surface area contributed by atoms with Crippen LogP contribution in [-0.2, 0) is 19.6 Å². The number of sulfonamides is 1. The molecule has 1 fully saturated rings. The predicted molar refractivity (Wildman–Crippen MR) is 86.0 cm³/mol. The maximum atomic E-state index is 12.4. The number of benzene rings is 1. The number of nitrogens with one attached hydrogen (secondary N) is 1. The van der Waals surface area contributed by atoms with Crippen LogP contribution in [0.15, 0.2) is 23.1 Å². The lowest BCUT2D eigenvalue weighted by Gasteiger charge is -2.17. The maximum absolute atomic E-state index is 12.4. The number of nitrogens with zero attached hydrogens (tertiary/aromatic N) is 1. The second kappa shape index (κ2) is 7.29. The van der Waals surface area contributed by atoms with E-state index in [2.05, 4.69) is 5.32 Å². The number of carbonyl (C=O) groups is 1. The van der Waals surface area contributed by atoms with Gasteiger partial charge in [0, 0.05) is 26.4 Å². The minimum atomic E-state index is -3.67. The zero-order valence-electron chi connectivity index (χ0n) is 13.5. The molecule has 2 rings (SSSR count). The normalized spacial score (nSPS) is 18.2. The van der Waals surface area contributed by atoms with E-state index in [1.165, 1.54) is 20.2 Å². The molecule has 1 aliphatic heterocycles. The van der Waals surface area contributed by atoms with Gasteiger partial charge in [0.2, 0.25) is 15.9 Å². The highest BCUT2D eigenvalue weighted by atomic mass is 32.2. The fourth-order valence-corrected chi connectivity index (χ4v) is 3.29. The van der Waals surface area contributed by atoms with E-state index in [1.807, 2.05) is 0 Å². The van der Waals surface area contributed by atoms with Crippen LogP contribution in [0.25, 0.3) is 0 Å². The summed E-state index contributed by atoms with van der Waals surface area (Å²) >= 11 is 0. The van der Waals surface area contributed by atoms with E-state index in [0.29, 0.717) is 31.9 Å². The molecule has 1 N–H and O–H groups in total. The van der Waals surface area contributed by atoms with Gasteiger partial charge in [-0.3, -0.25) is 4.79 Å². The number of amides is 1. The summed E-state index contributed by atoms with van der Waals surface area (Å²) in [6.07, 6.45) is 0.672. The molecule has 0 unspecified atom stereocenters. The summed E-state index contributed by atoms with van der Waals surface area (Å²) in [5, 5.41) is 2.75. The maximum Gasteiger partial charge on any atom is 0.246 e. The van der Waals surface area contributed by atoms with Crippen molar-refractivity contribution in [2.45, 2.75) is 18.2 Å². The van der Waals surface area contributed by atoms with Gasteiger partial charge in [0.05, 0.1) is 19.1 Å². The van der Waals surface area contributed by atoms with Crippen molar-refractivity contribution >= 4 is 21.6 Å². The van der Waals surface area contributed by atoms with Crippen LogP contribution in [0.3, 0.4) is 0 Å². The molecule has 0 radical (unpaired) electrons. The highest BCUT2D eigenvalue weighted by Gasteiger charge is 2.26. The summed E-state index contributed by atoms with van der Waals surface area (Å²) in [7, 11) is -0.774. The molecule has 7 nitrogen and oxygen atoms in total. The van der Waals surface area contributed by atoms with E-state index in [1.54, 1.807) is 19.1 Å². The van der Waals surface area contributed by atoms with E-state index >= 15 is 0 Å². The fraction of sp³-hybridized carbons (Fsp3) is 0.533. The Labute approximate surface area is 136 Å². The van der Waals surface area contributed by atoms with Crippen LogP contribution < -0.4 is 10.1 Å². The molecule has 0 bridgehead atoms. The van der Waals surface area contributed by atoms with Gasteiger partial charge in [0.1, 0.15) is 10.6 Å². The lowest BCUT2D eigenvalue weighted by atomic mass is 10.1. The second-order valence-corrected chi connectivity index (χ2v) is 7.55. The molecule has 1 atom stereocenters. The fourth-order valence-electron chi connectivity index (χ4n) is 2.24. The van der Waals surface area contributed by atoms with Gasteiger partial charge in [-0.15, -0.1) is 0 Å². The highest BCUT2D eigenvalue weighted by molar-refractivity contribution is 7.89. The van der Waals surface area contributed by atoms with E-state index in [-0.39, 0.29) is 22.5 Å². The SMILES string of the molecule is CCOc1ccc(NC(=O)[C@@H]2CCOC2)cc1S(=O)(=O)N(C)C. The molecule has 1 saturated heterocycles. The van der Waals surface area contributed by atoms with Gasteiger partial charge in [-0.1, -0.05) is 0 Å². The topological polar surface area (TPSA) is 84.9 Å². The summed E-state index contributed by atoms with van der Waals surface area (Å²) in [5.41, 5.74) is 0.422. The smallest absolute Gasteiger partial charge is 0.246 e. The molecule has 1 amide bonds. The molecule has 0 saturated carbocycles. The quantitative estimate of drug-likeness (QED) is 0.842. The third-order valence-electron chi connectivity index (χ3n) is 3.57. The zero-order chi connectivity index (χ0) is 17.0. The van der Waals surface area contributed by atoms with E-state index in [9.17, 15) is 13.2 Å². The Morgan fingerprint density at radius 2 is 2.17 bits per heavy atom. The zero-order valence-corrected chi connectivity index (χ0v) is 14.4. The summed E-state index contributed by atoms with van der Waals surface area (Å²) in [4.78, 5) is 12.2. The van der Waals surface area contributed by atoms with Crippen molar-refractivity contribution in [3.63, 3.8) is 0 Å². The molecule has 1 heterocycles. The Morgan fingerprint density at radius 3 is 2.74 bits per heavy atom. The number of hydrogen-bond acceptors (Lipinski definition) is 5. The first-order valence-electron chi connectivity index (χ1n) is 7.44. The predicted octanol–water partition coefficient (Wildman–Crippen LogP) is 1.31. The van der Waals surface area contributed by atoms with Crippen molar-refractivity contribution in [1.82, 2.24) is 4.31 Å². The first-order chi connectivity index (χ1) is 10.9. The molecule has 128 valence electrons. The van der Waals surface area contributed by atoms with Crippen molar-refractivity contribution in [2.75, 3.05) is 39.2 Å². The minimum Gasteiger partial charge on any atom is -0.492 e. The third-order valence-corrected chi connectivity index (χ3v) is 5.41. The monoisotopic (exact) mass is 342 g/mol. The van der Waals surface area contributed by atoms with Crippen LogP contribution in [-0.4, -0.2) is 52.5 Å². The number of carbonyl (C=O) groups excluding carboxylic acids is 1. The van der Waals surface area contributed by atoms with E-state index < -0.39 is 10.0 Å². The summed E-state index contributed by atoms with van der Waals surface area (Å²) in [5.74, 6) is -0.0984. The molecule has 8 heteroatoms. The molecule has 23 heavy (non-hydrogen) atoms. The molecular weight excluding hydrogens is 320 g/mol. The highest BCUT2D eigenvalue weighted by Crippen LogP contribution is 2.29. The van der Waals surface area contributed by atoms with E-state index in [0.717, 1.165) is 4.31 Å². The van der Waals surface area contributed by atoms with Crippen LogP contribution in [0.5, 0.6) is 5.75 Å². The van der Waals surface area contributed by atoms with E-state index in [4.69, 9.17) is 9.47 Å². The summed E-state index contributed by atoms with van der Waals surface area (Å²) in [6.45, 7) is 3.09. The van der Waals surface area contributed by atoms with Crippen molar-refractivity contribution < 1.29 is 22.7 Å². The van der Waals surface area contributed by atoms with Gasteiger partial charge >= 0.3 is 0 Å². The molecule has 0 spiro atoms. The first kappa shape index (κ1) is 17.7. The van der Waals surface area contributed by atoms with Gasteiger partial charge < -0.3 is 14.8 Å². The minimum absolute atomic E-state index is 0.0322. The number of anilines is 1. The first-order valence-corrected chi connectivity index (χ1v) is 8.88. The number of hydrogen-bond donors (Lipinski definition) is 1. The molecule has 1 aromatic rings. The van der Waals surface area contributed by atoms with Crippen molar-refractivity contribution in [3.05, 3.63) is 18.2 Å². The standard InChI is InChI=1S/C15H22N2O5S/c1-4-22-13-6-5-12(9-14(13)23(19,20)17(2)3)16-15(18)11-7-8-21-10-11/h5-6,9,11H,4,7-8,10H2,1-3H3,(H,16,18)/t11-/m1/s1. The molecule has 1 aliphatic rings. The van der Waals surface area contributed by atoms with Crippen LogP contribution in [0, 0.1) is 5.92 Å². The second-order valence-electron chi connectivity index (χ2n) is 5.43. The van der Waals surface area contributed by atoms with Crippen LogP contribution in [0.2, 0.25) is 0 Å². The van der Waals surface area contributed by atoms with Gasteiger partial charge in [-0.2, -0.15) is 0 Å². The summed E-state index contributed by atoms with van der Waals surface area (Å²) in [6, 6.07) is 4.61. The summed E-state index contributed by atoms with van der Waals surface area (Å²) < 4.78 is 36.6. The Bertz CT molecular complexity index is 666. The Morgan fingerprint density at radius 1 is 1.43 bits per heavy atom. The third kappa shape index (κ3) is 4.01. The molecule has 1 aromatic carbocycles. The van der Waals surface area contributed by atoms with Gasteiger partial charge in [0.15, 0.2) is 0 Å². The van der Waals surface area contributed by atoms with Gasteiger partial charge in [0.25, 0.3) is 0 Å². The lowest BCUT2D eigenvalue weighted by Crippen LogP contribution is -2.25. The van der Waals surface area contributed by atoms with Gasteiger partial charge in [-0.05, 0) is 31.5 Å². The van der Waals surface area contributed by atoms with Crippen LogP contribution >= 0.6 is 0 Å². The molecule has 0 aromatic heterocycles. The van der Waals surface area contributed by atoms with Gasteiger partial charge in [-0.25, -0.2) is 12.7 Å². The largest absolute Gasteiger partial charge is 0.492 e.